The van der Waals surface area contributed by atoms with Crippen LogP contribution in [0.4, 0.5) is 0 Å². The van der Waals surface area contributed by atoms with E-state index in [9.17, 15) is 14.7 Å². The molecule has 0 spiro atoms. The van der Waals surface area contributed by atoms with Gasteiger partial charge in [0, 0.05) is 6.54 Å². The maximum Gasteiger partial charge on any atom is 0.326 e. The van der Waals surface area contributed by atoms with Gasteiger partial charge in [-0.1, -0.05) is 27.2 Å². The van der Waals surface area contributed by atoms with Crippen LogP contribution in [0.3, 0.4) is 0 Å². The normalized spacial score (nSPS) is 13.8. The number of rotatable bonds is 7. The largest absolute Gasteiger partial charge is 0.480 e. The Morgan fingerprint density at radius 1 is 1.40 bits per heavy atom. The molecule has 0 aromatic carbocycles. The van der Waals surface area contributed by atoms with E-state index in [1.165, 1.54) is 0 Å². The lowest BCUT2D eigenvalue weighted by Crippen LogP contribution is -2.45. The summed E-state index contributed by atoms with van der Waals surface area (Å²) in [5, 5.41) is 16.1. The molecule has 2 unspecified atom stereocenters. The molecule has 1 rings (SSSR count). The van der Waals surface area contributed by atoms with E-state index in [0.29, 0.717) is 18.7 Å². The first kappa shape index (κ1) is 16.2. The first-order chi connectivity index (χ1) is 9.44. The van der Waals surface area contributed by atoms with Crippen molar-refractivity contribution in [3.05, 3.63) is 17.5 Å². The second-order valence-electron chi connectivity index (χ2n) is 4.87. The van der Waals surface area contributed by atoms with Crippen molar-refractivity contribution in [2.24, 2.45) is 5.92 Å². The standard InChI is InChI=1S/C14H23N3O3/c1-5-9(4)12(14(19)20)15-13(18)11-8-10(6-2)16-17(11)7-3/h8-9,12H,5-7H2,1-4H3,(H,15,18)(H,19,20). The van der Waals surface area contributed by atoms with Crippen LogP contribution >= 0.6 is 0 Å². The Bertz CT molecular complexity index is 482. The van der Waals surface area contributed by atoms with Crippen molar-refractivity contribution in [1.82, 2.24) is 15.1 Å². The molecular weight excluding hydrogens is 258 g/mol. The predicted octanol–water partition coefficient (Wildman–Crippen LogP) is 1.69. The van der Waals surface area contributed by atoms with Crippen molar-refractivity contribution in [2.45, 2.75) is 53.1 Å². The maximum absolute atomic E-state index is 12.3. The fourth-order valence-electron chi connectivity index (χ4n) is 1.96. The lowest BCUT2D eigenvalue weighted by Gasteiger charge is -2.20. The average Bonchev–Trinajstić information content (AvgIpc) is 2.86. The van der Waals surface area contributed by atoms with Crippen molar-refractivity contribution in [2.75, 3.05) is 0 Å². The Morgan fingerprint density at radius 3 is 2.50 bits per heavy atom. The van der Waals surface area contributed by atoms with Gasteiger partial charge in [-0.3, -0.25) is 9.48 Å². The zero-order chi connectivity index (χ0) is 15.3. The van der Waals surface area contributed by atoms with E-state index in [1.807, 2.05) is 27.7 Å². The Kier molecular flexibility index (Phi) is 5.73. The highest BCUT2D eigenvalue weighted by Gasteiger charge is 2.27. The van der Waals surface area contributed by atoms with Gasteiger partial charge in [-0.25, -0.2) is 4.79 Å². The van der Waals surface area contributed by atoms with E-state index >= 15 is 0 Å². The van der Waals surface area contributed by atoms with Gasteiger partial charge in [0.2, 0.25) is 0 Å². The van der Waals surface area contributed by atoms with E-state index in [4.69, 9.17) is 0 Å². The van der Waals surface area contributed by atoms with Crippen LogP contribution in [0, 0.1) is 5.92 Å². The van der Waals surface area contributed by atoms with Gasteiger partial charge in [0.1, 0.15) is 11.7 Å². The minimum atomic E-state index is -1.01. The molecule has 1 aromatic heterocycles. The molecule has 0 aliphatic carbocycles. The quantitative estimate of drug-likeness (QED) is 0.796. The summed E-state index contributed by atoms with van der Waals surface area (Å²) in [6.45, 7) is 8.14. The zero-order valence-corrected chi connectivity index (χ0v) is 12.5. The van der Waals surface area contributed by atoms with Crippen LogP contribution in [-0.2, 0) is 17.8 Å². The fraction of sp³-hybridized carbons (Fsp3) is 0.643. The average molecular weight is 281 g/mol. The lowest BCUT2D eigenvalue weighted by molar-refractivity contribution is -0.140. The Morgan fingerprint density at radius 2 is 2.05 bits per heavy atom. The van der Waals surface area contributed by atoms with E-state index in [2.05, 4.69) is 10.4 Å². The third-order valence-corrected chi connectivity index (χ3v) is 3.49. The molecule has 1 aromatic rings. The molecule has 112 valence electrons. The fourth-order valence-corrected chi connectivity index (χ4v) is 1.96. The second kappa shape index (κ2) is 7.07. The van der Waals surface area contributed by atoms with Gasteiger partial charge in [-0.15, -0.1) is 0 Å². The first-order valence-corrected chi connectivity index (χ1v) is 7.04. The number of carboxylic acids is 1. The maximum atomic E-state index is 12.3. The van der Waals surface area contributed by atoms with Crippen molar-refractivity contribution in [3.8, 4) is 0 Å². The number of aryl methyl sites for hydroxylation is 2. The van der Waals surface area contributed by atoms with E-state index < -0.39 is 12.0 Å². The monoisotopic (exact) mass is 281 g/mol. The molecule has 0 aliphatic heterocycles. The van der Waals surface area contributed by atoms with Gasteiger partial charge in [-0.2, -0.15) is 5.10 Å². The third kappa shape index (κ3) is 3.59. The minimum absolute atomic E-state index is 0.125. The Balaban J connectivity index is 2.94. The second-order valence-corrected chi connectivity index (χ2v) is 4.87. The summed E-state index contributed by atoms with van der Waals surface area (Å²) in [7, 11) is 0. The van der Waals surface area contributed by atoms with Crippen LogP contribution in [-0.4, -0.2) is 32.8 Å². The molecular formula is C14H23N3O3. The van der Waals surface area contributed by atoms with Crippen LogP contribution in [0.25, 0.3) is 0 Å². The molecule has 6 heteroatoms. The van der Waals surface area contributed by atoms with Gasteiger partial charge in [-0.05, 0) is 25.3 Å². The highest BCUT2D eigenvalue weighted by molar-refractivity contribution is 5.95. The summed E-state index contributed by atoms with van der Waals surface area (Å²) in [4.78, 5) is 23.5. The van der Waals surface area contributed by atoms with Gasteiger partial charge in [0.05, 0.1) is 5.69 Å². The van der Waals surface area contributed by atoms with E-state index in [-0.39, 0.29) is 11.8 Å². The number of amides is 1. The number of nitrogens with one attached hydrogen (secondary N) is 1. The topological polar surface area (TPSA) is 84.2 Å². The zero-order valence-electron chi connectivity index (χ0n) is 12.5. The molecule has 6 nitrogen and oxygen atoms in total. The third-order valence-electron chi connectivity index (χ3n) is 3.49. The molecule has 20 heavy (non-hydrogen) atoms. The molecule has 2 atom stereocenters. The molecule has 2 N–H and O–H groups in total. The highest BCUT2D eigenvalue weighted by Crippen LogP contribution is 2.11. The van der Waals surface area contributed by atoms with E-state index in [0.717, 1.165) is 12.1 Å². The van der Waals surface area contributed by atoms with Crippen LogP contribution in [0.1, 0.15) is 50.3 Å². The number of carbonyl (C=O) groups excluding carboxylic acids is 1. The van der Waals surface area contributed by atoms with Crippen LogP contribution in [0.15, 0.2) is 6.07 Å². The van der Waals surface area contributed by atoms with Crippen molar-refractivity contribution in [1.29, 1.82) is 0 Å². The van der Waals surface area contributed by atoms with Gasteiger partial charge >= 0.3 is 5.97 Å². The molecule has 0 saturated heterocycles. The molecule has 0 fully saturated rings. The van der Waals surface area contributed by atoms with Crippen molar-refractivity contribution in [3.63, 3.8) is 0 Å². The van der Waals surface area contributed by atoms with Crippen LogP contribution in [0.2, 0.25) is 0 Å². The highest BCUT2D eigenvalue weighted by atomic mass is 16.4. The number of hydrogen-bond donors (Lipinski definition) is 2. The lowest BCUT2D eigenvalue weighted by atomic mass is 9.99. The molecule has 0 bridgehead atoms. The molecule has 0 saturated carbocycles. The van der Waals surface area contributed by atoms with Crippen LogP contribution < -0.4 is 5.32 Å². The first-order valence-electron chi connectivity index (χ1n) is 7.04. The number of hydrogen-bond acceptors (Lipinski definition) is 3. The van der Waals surface area contributed by atoms with Crippen molar-refractivity contribution < 1.29 is 14.7 Å². The van der Waals surface area contributed by atoms with Gasteiger partial charge < -0.3 is 10.4 Å². The summed E-state index contributed by atoms with van der Waals surface area (Å²) in [5.41, 5.74) is 1.24. The molecule has 1 heterocycles. The number of aliphatic carboxylic acids is 1. The summed E-state index contributed by atoms with van der Waals surface area (Å²) in [6.07, 6.45) is 1.42. The minimum Gasteiger partial charge on any atom is -0.480 e. The SMILES string of the molecule is CCc1cc(C(=O)NC(C(=O)O)C(C)CC)n(CC)n1. The summed E-state index contributed by atoms with van der Waals surface area (Å²) in [5.74, 6) is -1.52. The van der Waals surface area contributed by atoms with E-state index in [1.54, 1.807) is 10.7 Å². The smallest absolute Gasteiger partial charge is 0.326 e. The molecule has 0 aliphatic rings. The number of carbonyl (C=O) groups is 2. The Labute approximate surface area is 119 Å². The molecule has 0 radical (unpaired) electrons. The van der Waals surface area contributed by atoms with Gasteiger partial charge in [0.15, 0.2) is 0 Å². The number of nitrogens with zero attached hydrogens (tertiary/aromatic N) is 2. The predicted molar refractivity (Wildman–Crippen MR) is 75.6 cm³/mol. The summed E-state index contributed by atoms with van der Waals surface area (Å²) < 4.78 is 1.60. The summed E-state index contributed by atoms with van der Waals surface area (Å²) >= 11 is 0. The van der Waals surface area contributed by atoms with Crippen LogP contribution in [0.5, 0.6) is 0 Å². The van der Waals surface area contributed by atoms with Crippen molar-refractivity contribution >= 4 is 11.9 Å². The Hall–Kier alpha value is -1.85. The number of aromatic nitrogens is 2. The van der Waals surface area contributed by atoms with Gasteiger partial charge in [0.25, 0.3) is 5.91 Å². The molecule has 1 amide bonds. The summed E-state index contributed by atoms with van der Waals surface area (Å²) in [6, 6.07) is 0.840. The number of carboxylic acid groups (broad SMARTS) is 1.